The third-order valence-electron chi connectivity index (χ3n) is 4.30. The molecule has 0 bridgehead atoms. The molecular formula is C18H18O4S. The summed E-state index contributed by atoms with van der Waals surface area (Å²) in [5.41, 5.74) is 0. The number of hydrogen-bond donors (Lipinski definition) is 0. The summed E-state index contributed by atoms with van der Waals surface area (Å²) in [6.07, 6.45) is 2.01. The van der Waals surface area contributed by atoms with Crippen molar-refractivity contribution >= 4 is 15.8 Å². The first-order valence-corrected chi connectivity index (χ1v) is 9.12. The average molecular weight is 330 g/mol. The molecule has 0 spiro atoms. The van der Waals surface area contributed by atoms with Crippen molar-refractivity contribution in [3.05, 3.63) is 60.7 Å². The predicted octanol–water partition coefficient (Wildman–Crippen LogP) is 3.38. The molecule has 1 aliphatic rings. The molecule has 2 aromatic rings. The van der Waals surface area contributed by atoms with Crippen LogP contribution >= 0.6 is 0 Å². The lowest BCUT2D eigenvalue weighted by atomic mass is 10.1. The molecule has 0 heterocycles. The third-order valence-corrected chi connectivity index (χ3v) is 6.80. The average Bonchev–Trinajstić information content (AvgIpc) is 3.08. The van der Waals surface area contributed by atoms with Gasteiger partial charge in [-0.15, -0.1) is 0 Å². The summed E-state index contributed by atoms with van der Waals surface area (Å²) in [7, 11) is -3.79. The molecule has 0 radical (unpaired) electrons. The first-order valence-electron chi connectivity index (χ1n) is 7.63. The zero-order chi connectivity index (χ0) is 16.3. The van der Waals surface area contributed by atoms with Gasteiger partial charge >= 0.3 is 5.97 Å². The van der Waals surface area contributed by atoms with Crippen molar-refractivity contribution in [3.8, 4) is 5.75 Å². The van der Waals surface area contributed by atoms with Crippen LogP contribution in [0.4, 0.5) is 0 Å². The van der Waals surface area contributed by atoms with Gasteiger partial charge in [0.1, 0.15) is 5.75 Å². The fourth-order valence-corrected chi connectivity index (χ4v) is 5.10. The maximum atomic E-state index is 13.1. The summed E-state index contributed by atoms with van der Waals surface area (Å²) < 4.78 is 30.1. The Kier molecular flexibility index (Phi) is 4.22. The number of sulfone groups is 1. The molecule has 23 heavy (non-hydrogen) atoms. The normalized spacial score (nSPS) is 16.9. The number of esters is 1. The minimum absolute atomic E-state index is 0.173. The summed E-state index contributed by atoms with van der Waals surface area (Å²) in [6.45, 7) is 0. The Morgan fingerprint density at radius 3 is 1.96 bits per heavy atom. The molecule has 1 aliphatic carbocycles. The van der Waals surface area contributed by atoms with Gasteiger partial charge in [-0.1, -0.05) is 49.2 Å². The van der Waals surface area contributed by atoms with Gasteiger partial charge in [0.15, 0.2) is 14.6 Å². The highest BCUT2D eigenvalue weighted by Gasteiger charge is 2.54. The number of hydrogen-bond acceptors (Lipinski definition) is 4. The van der Waals surface area contributed by atoms with E-state index in [-0.39, 0.29) is 4.90 Å². The quantitative estimate of drug-likeness (QED) is 0.637. The molecule has 2 aromatic carbocycles. The molecule has 0 unspecified atom stereocenters. The molecule has 0 amide bonds. The predicted molar refractivity (Wildman–Crippen MR) is 86.9 cm³/mol. The molecule has 0 atom stereocenters. The highest BCUT2D eigenvalue weighted by Crippen LogP contribution is 2.41. The molecule has 120 valence electrons. The number of ether oxygens (including phenoxy) is 1. The van der Waals surface area contributed by atoms with E-state index in [1.807, 2.05) is 6.07 Å². The number of rotatable bonds is 4. The van der Waals surface area contributed by atoms with Gasteiger partial charge < -0.3 is 4.74 Å². The fraction of sp³-hybridized carbons (Fsp3) is 0.278. The molecule has 3 rings (SSSR count). The van der Waals surface area contributed by atoms with Crippen LogP contribution < -0.4 is 4.74 Å². The SMILES string of the molecule is O=C(Oc1ccccc1)C1(S(=O)(=O)c2ccccc2)CCCC1. The van der Waals surface area contributed by atoms with E-state index in [0.717, 1.165) is 0 Å². The highest BCUT2D eigenvalue weighted by atomic mass is 32.2. The topological polar surface area (TPSA) is 60.4 Å². The minimum atomic E-state index is -3.79. The zero-order valence-electron chi connectivity index (χ0n) is 12.6. The van der Waals surface area contributed by atoms with Crippen LogP contribution in [0.15, 0.2) is 65.6 Å². The van der Waals surface area contributed by atoms with Gasteiger partial charge in [-0.2, -0.15) is 0 Å². The monoisotopic (exact) mass is 330 g/mol. The first-order chi connectivity index (χ1) is 11.1. The lowest BCUT2D eigenvalue weighted by Crippen LogP contribution is -2.46. The molecule has 0 N–H and O–H groups in total. The molecule has 0 aliphatic heterocycles. The summed E-state index contributed by atoms with van der Waals surface area (Å²) in [4.78, 5) is 12.9. The third kappa shape index (κ3) is 2.77. The lowest BCUT2D eigenvalue weighted by molar-refractivity contribution is -0.137. The van der Waals surface area contributed by atoms with Crippen LogP contribution in [-0.2, 0) is 14.6 Å². The van der Waals surface area contributed by atoms with E-state index < -0.39 is 20.6 Å². The van der Waals surface area contributed by atoms with E-state index in [1.165, 1.54) is 12.1 Å². The standard InChI is InChI=1S/C18H18O4S/c19-17(22-15-9-3-1-4-10-15)18(13-7-8-14-18)23(20,21)16-11-5-2-6-12-16/h1-6,9-12H,7-8,13-14H2. The van der Waals surface area contributed by atoms with Gasteiger partial charge in [0.05, 0.1) is 4.90 Å². The van der Waals surface area contributed by atoms with Crippen molar-refractivity contribution in [1.82, 2.24) is 0 Å². The van der Waals surface area contributed by atoms with E-state index in [9.17, 15) is 13.2 Å². The Hall–Kier alpha value is -2.14. The van der Waals surface area contributed by atoms with Crippen molar-refractivity contribution in [2.45, 2.75) is 35.3 Å². The van der Waals surface area contributed by atoms with Gasteiger partial charge in [-0.05, 0) is 37.1 Å². The van der Waals surface area contributed by atoms with Gasteiger partial charge in [-0.3, -0.25) is 0 Å². The smallest absolute Gasteiger partial charge is 0.333 e. The Labute approximate surface area is 136 Å². The second-order valence-electron chi connectivity index (χ2n) is 5.72. The molecule has 4 nitrogen and oxygen atoms in total. The maximum absolute atomic E-state index is 13.1. The Morgan fingerprint density at radius 2 is 1.39 bits per heavy atom. The Morgan fingerprint density at radius 1 is 0.870 bits per heavy atom. The largest absolute Gasteiger partial charge is 0.425 e. The molecule has 0 aromatic heterocycles. The van der Waals surface area contributed by atoms with Crippen LogP contribution in [0.1, 0.15) is 25.7 Å². The van der Waals surface area contributed by atoms with Gasteiger partial charge in [0, 0.05) is 0 Å². The Bertz CT molecular complexity index is 776. The number of carbonyl (C=O) groups excluding carboxylic acids is 1. The zero-order valence-corrected chi connectivity index (χ0v) is 13.5. The van der Waals surface area contributed by atoms with Crippen LogP contribution in [-0.4, -0.2) is 19.1 Å². The number of para-hydroxylation sites is 1. The van der Waals surface area contributed by atoms with Gasteiger partial charge in [-0.25, -0.2) is 13.2 Å². The van der Waals surface area contributed by atoms with E-state index in [2.05, 4.69) is 0 Å². The minimum Gasteiger partial charge on any atom is -0.425 e. The molecular weight excluding hydrogens is 312 g/mol. The van der Waals surface area contributed by atoms with Crippen molar-refractivity contribution in [2.75, 3.05) is 0 Å². The van der Waals surface area contributed by atoms with Crippen LogP contribution in [0, 0.1) is 0 Å². The Balaban J connectivity index is 1.98. The van der Waals surface area contributed by atoms with Crippen molar-refractivity contribution in [3.63, 3.8) is 0 Å². The summed E-state index contributed by atoms with van der Waals surface area (Å²) >= 11 is 0. The van der Waals surface area contributed by atoms with Crippen molar-refractivity contribution < 1.29 is 17.9 Å². The van der Waals surface area contributed by atoms with Gasteiger partial charge in [0.2, 0.25) is 0 Å². The second-order valence-corrected chi connectivity index (χ2v) is 7.98. The maximum Gasteiger partial charge on any atom is 0.333 e. The fourth-order valence-electron chi connectivity index (χ4n) is 3.04. The van der Waals surface area contributed by atoms with Crippen LogP contribution in [0.25, 0.3) is 0 Å². The van der Waals surface area contributed by atoms with Gasteiger partial charge in [0.25, 0.3) is 0 Å². The summed E-state index contributed by atoms with van der Waals surface area (Å²) in [5.74, 6) is -0.308. The van der Waals surface area contributed by atoms with Crippen molar-refractivity contribution in [1.29, 1.82) is 0 Å². The van der Waals surface area contributed by atoms with Crippen LogP contribution in [0.5, 0.6) is 5.75 Å². The molecule has 1 fully saturated rings. The highest BCUT2D eigenvalue weighted by molar-refractivity contribution is 7.93. The summed E-state index contributed by atoms with van der Waals surface area (Å²) in [6, 6.07) is 16.7. The molecule has 0 saturated heterocycles. The summed E-state index contributed by atoms with van der Waals surface area (Å²) in [5, 5.41) is 0. The molecule has 5 heteroatoms. The van der Waals surface area contributed by atoms with E-state index in [1.54, 1.807) is 42.5 Å². The number of benzene rings is 2. The first kappa shape index (κ1) is 15.7. The van der Waals surface area contributed by atoms with E-state index in [0.29, 0.717) is 31.4 Å². The second kappa shape index (κ2) is 6.16. The van der Waals surface area contributed by atoms with Crippen LogP contribution in [0.3, 0.4) is 0 Å². The number of carbonyl (C=O) groups is 1. The van der Waals surface area contributed by atoms with Crippen molar-refractivity contribution in [2.24, 2.45) is 0 Å². The van der Waals surface area contributed by atoms with Crippen LogP contribution in [0.2, 0.25) is 0 Å². The lowest BCUT2D eigenvalue weighted by Gasteiger charge is -2.26. The molecule has 1 saturated carbocycles. The van der Waals surface area contributed by atoms with E-state index in [4.69, 9.17) is 4.74 Å². The van der Waals surface area contributed by atoms with E-state index >= 15 is 0 Å².